The Bertz CT molecular complexity index is 482. The molecule has 0 aliphatic rings. The van der Waals surface area contributed by atoms with Crippen LogP contribution in [0.3, 0.4) is 0 Å². The lowest BCUT2D eigenvalue weighted by Crippen LogP contribution is -2.21. The first-order chi connectivity index (χ1) is 8.91. The van der Waals surface area contributed by atoms with Crippen LogP contribution >= 0.6 is 11.6 Å². The molecule has 0 heterocycles. The van der Waals surface area contributed by atoms with E-state index in [-0.39, 0.29) is 10.9 Å². The number of nitrogens with zero attached hydrogens (tertiary/aromatic N) is 1. The monoisotopic (exact) mass is 304 g/mol. The summed E-state index contributed by atoms with van der Waals surface area (Å²) < 4.78 is 11.2. The second kappa shape index (κ2) is 7.57. The third-order valence-corrected chi connectivity index (χ3v) is 4.45. The summed E-state index contributed by atoms with van der Waals surface area (Å²) in [4.78, 5) is 10.4. The van der Waals surface area contributed by atoms with Gasteiger partial charge in [0.1, 0.15) is 0 Å². The molecule has 0 aliphatic heterocycles. The normalized spacial score (nSPS) is 14.1. The number of hydrogen-bond acceptors (Lipinski definition) is 4. The molecule has 0 amide bonds. The van der Waals surface area contributed by atoms with Crippen molar-refractivity contribution >= 4 is 28.1 Å². The lowest BCUT2D eigenvalue weighted by molar-refractivity contribution is -0.385. The Hall–Kier alpha value is -0.980. The molecule has 0 radical (unpaired) electrons. The number of nitro groups is 1. The molecular formula is C12H17ClN2O3S. The van der Waals surface area contributed by atoms with E-state index in [1.54, 1.807) is 12.3 Å². The molecule has 19 heavy (non-hydrogen) atoms. The predicted octanol–water partition coefficient (Wildman–Crippen LogP) is 2.49. The molecule has 0 spiro atoms. The standard InChI is InChI=1S/C12H17ClN2O3S/c1-9(19(2)18)5-6-14-8-10-7-11(13)3-4-12(10)15(16)17/h3-4,7,9,14H,5-6,8H2,1-2H3. The van der Waals surface area contributed by atoms with Crippen molar-refractivity contribution in [3.63, 3.8) is 0 Å². The van der Waals surface area contributed by atoms with E-state index in [9.17, 15) is 14.3 Å². The van der Waals surface area contributed by atoms with Gasteiger partial charge in [-0.15, -0.1) is 0 Å². The fourth-order valence-electron chi connectivity index (χ4n) is 1.57. The number of halogens is 1. The van der Waals surface area contributed by atoms with Crippen LogP contribution in [0.15, 0.2) is 18.2 Å². The summed E-state index contributed by atoms with van der Waals surface area (Å²) in [7, 11) is -0.843. The van der Waals surface area contributed by atoms with Crippen molar-refractivity contribution in [2.45, 2.75) is 25.1 Å². The Balaban J connectivity index is 2.55. The smallest absolute Gasteiger partial charge is 0.273 e. The number of hydrogen-bond donors (Lipinski definition) is 1. The topological polar surface area (TPSA) is 72.2 Å². The maximum absolute atomic E-state index is 11.2. The zero-order valence-electron chi connectivity index (χ0n) is 10.9. The second-order valence-corrected chi connectivity index (χ2v) is 6.54. The second-order valence-electron chi connectivity index (χ2n) is 4.30. The molecule has 5 nitrogen and oxygen atoms in total. The molecule has 1 N–H and O–H groups in total. The van der Waals surface area contributed by atoms with Gasteiger partial charge in [-0.1, -0.05) is 18.5 Å². The van der Waals surface area contributed by atoms with Gasteiger partial charge < -0.3 is 5.32 Å². The summed E-state index contributed by atoms with van der Waals surface area (Å²) in [5.74, 6) is 0. The third kappa shape index (κ3) is 5.26. The fraction of sp³-hybridized carbons (Fsp3) is 0.500. The number of nitro benzene ring substituents is 1. The molecule has 0 saturated heterocycles. The largest absolute Gasteiger partial charge is 0.312 e. The van der Waals surface area contributed by atoms with E-state index in [0.717, 1.165) is 6.42 Å². The molecule has 1 aromatic rings. The number of benzene rings is 1. The predicted molar refractivity (Wildman–Crippen MR) is 78.0 cm³/mol. The maximum Gasteiger partial charge on any atom is 0.273 e. The molecule has 2 atom stereocenters. The van der Waals surface area contributed by atoms with E-state index in [1.165, 1.54) is 12.1 Å². The lowest BCUT2D eigenvalue weighted by Gasteiger charge is -2.09. The van der Waals surface area contributed by atoms with E-state index < -0.39 is 15.7 Å². The van der Waals surface area contributed by atoms with Gasteiger partial charge in [-0.3, -0.25) is 14.3 Å². The minimum atomic E-state index is -0.843. The van der Waals surface area contributed by atoms with Crippen LogP contribution in [-0.4, -0.2) is 27.2 Å². The molecular weight excluding hydrogens is 288 g/mol. The third-order valence-electron chi connectivity index (χ3n) is 2.85. The van der Waals surface area contributed by atoms with Gasteiger partial charge in [0.15, 0.2) is 0 Å². The van der Waals surface area contributed by atoms with E-state index in [0.29, 0.717) is 23.7 Å². The highest BCUT2D eigenvalue weighted by molar-refractivity contribution is 7.84. The van der Waals surface area contributed by atoms with Crippen LogP contribution in [0.2, 0.25) is 5.02 Å². The molecule has 0 bridgehead atoms. The molecule has 1 rings (SSSR count). The Kier molecular flexibility index (Phi) is 6.41. The fourth-order valence-corrected chi connectivity index (χ4v) is 2.21. The van der Waals surface area contributed by atoms with Crippen molar-refractivity contribution in [1.29, 1.82) is 0 Å². The zero-order valence-corrected chi connectivity index (χ0v) is 12.5. The van der Waals surface area contributed by atoms with Crippen molar-refractivity contribution in [3.05, 3.63) is 38.9 Å². The first-order valence-corrected chi connectivity index (χ1v) is 7.87. The SMILES string of the molecule is CC(CCNCc1cc(Cl)ccc1[N+](=O)[O-])S(C)=O. The summed E-state index contributed by atoms with van der Waals surface area (Å²) in [6.45, 7) is 2.95. The van der Waals surface area contributed by atoms with Crippen LogP contribution in [0.1, 0.15) is 18.9 Å². The molecule has 1 aromatic carbocycles. The van der Waals surface area contributed by atoms with Gasteiger partial charge in [0, 0.05) is 45.5 Å². The van der Waals surface area contributed by atoms with Crippen LogP contribution in [0.25, 0.3) is 0 Å². The van der Waals surface area contributed by atoms with Gasteiger partial charge >= 0.3 is 0 Å². The molecule has 0 fully saturated rings. The van der Waals surface area contributed by atoms with Crippen molar-refractivity contribution in [3.8, 4) is 0 Å². The van der Waals surface area contributed by atoms with Gasteiger partial charge in [0.05, 0.1) is 4.92 Å². The molecule has 106 valence electrons. The molecule has 0 aliphatic carbocycles. The lowest BCUT2D eigenvalue weighted by atomic mass is 10.2. The van der Waals surface area contributed by atoms with Crippen LogP contribution < -0.4 is 5.32 Å². The van der Waals surface area contributed by atoms with Crippen molar-refractivity contribution in [2.24, 2.45) is 0 Å². The van der Waals surface area contributed by atoms with Gasteiger partial charge in [-0.05, 0) is 25.1 Å². The average molecular weight is 305 g/mol. The van der Waals surface area contributed by atoms with E-state index >= 15 is 0 Å². The van der Waals surface area contributed by atoms with Crippen LogP contribution in [-0.2, 0) is 17.3 Å². The first-order valence-electron chi connectivity index (χ1n) is 5.87. The average Bonchev–Trinajstić information content (AvgIpc) is 2.33. The number of rotatable bonds is 7. The van der Waals surface area contributed by atoms with Crippen molar-refractivity contribution in [1.82, 2.24) is 5.32 Å². The highest BCUT2D eigenvalue weighted by atomic mass is 35.5. The minimum absolute atomic E-state index is 0.0593. The highest BCUT2D eigenvalue weighted by Gasteiger charge is 2.13. The van der Waals surface area contributed by atoms with E-state index in [4.69, 9.17) is 11.6 Å². The van der Waals surface area contributed by atoms with Gasteiger partial charge in [0.2, 0.25) is 0 Å². The Morgan fingerprint density at radius 3 is 2.79 bits per heavy atom. The molecule has 0 saturated carbocycles. The van der Waals surface area contributed by atoms with Crippen LogP contribution in [0, 0.1) is 10.1 Å². The summed E-state index contributed by atoms with van der Waals surface area (Å²) in [5, 5.41) is 14.6. The summed E-state index contributed by atoms with van der Waals surface area (Å²) in [6.07, 6.45) is 2.43. The van der Waals surface area contributed by atoms with Crippen molar-refractivity contribution < 1.29 is 9.13 Å². The quantitative estimate of drug-likeness (QED) is 0.477. The van der Waals surface area contributed by atoms with Gasteiger partial charge in [0.25, 0.3) is 5.69 Å². The van der Waals surface area contributed by atoms with Gasteiger partial charge in [-0.25, -0.2) is 0 Å². The van der Waals surface area contributed by atoms with Gasteiger partial charge in [-0.2, -0.15) is 0 Å². The Labute approximate surface area is 120 Å². The summed E-state index contributed by atoms with van der Waals surface area (Å²) in [6, 6.07) is 4.50. The Morgan fingerprint density at radius 2 is 2.21 bits per heavy atom. The van der Waals surface area contributed by atoms with Crippen LogP contribution in [0.5, 0.6) is 0 Å². The van der Waals surface area contributed by atoms with Crippen molar-refractivity contribution in [2.75, 3.05) is 12.8 Å². The highest BCUT2D eigenvalue weighted by Crippen LogP contribution is 2.22. The molecule has 2 unspecified atom stereocenters. The zero-order chi connectivity index (χ0) is 14.4. The minimum Gasteiger partial charge on any atom is -0.312 e. The molecule has 0 aromatic heterocycles. The Morgan fingerprint density at radius 1 is 1.53 bits per heavy atom. The van der Waals surface area contributed by atoms with Crippen LogP contribution in [0.4, 0.5) is 5.69 Å². The summed E-state index contributed by atoms with van der Waals surface area (Å²) >= 11 is 5.84. The number of nitrogens with one attached hydrogen (secondary N) is 1. The molecule has 7 heteroatoms. The van der Waals surface area contributed by atoms with E-state index in [1.807, 2.05) is 6.92 Å². The van der Waals surface area contributed by atoms with E-state index in [2.05, 4.69) is 5.32 Å². The first kappa shape index (κ1) is 16.1. The maximum atomic E-state index is 11.2. The summed E-state index contributed by atoms with van der Waals surface area (Å²) in [5.41, 5.74) is 0.617.